The van der Waals surface area contributed by atoms with E-state index in [2.05, 4.69) is 51.1 Å². The molecule has 3 aromatic heterocycles. The third-order valence-electron chi connectivity index (χ3n) is 7.59. The van der Waals surface area contributed by atoms with Gasteiger partial charge in [-0.25, -0.2) is 23.4 Å². The summed E-state index contributed by atoms with van der Waals surface area (Å²) < 4.78 is 29.2. The van der Waals surface area contributed by atoms with Gasteiger partial charge >= 0.3 is 0 Å². The summed E-state index contributed by atoms with van der Waals surface area (Å²) in [6, 6.07) is 9.83. The zero-order valence-electron chi connectivity index (χ0n) is 23.1. The monoisotopic (exact) mass is 562 g/mol. The lowest BCUT2D eigenvalue weighted by Gasteiger charge is -2.48. The summed E-state index contributed by atoms with van der Waals surface area (Å²) in [5.74, 6) is 2.72. The highest BCUT2D eigenvalue weighted by Crippen LogP contribution is 2.40. The van der Waals surface area contributed by atoms with Crippen molar-refractivity contribution in [3.63, 3.8) is 0 Å². The molecule has 4 aromatic rings. The second-order valence-corrected chi connectivity index (χ2v) is 12.6. The fourth-order valence-corrected chi connectivity index (χ4v) is 6.51. The maximum absolute atomic E-state index is 11.9. The highest BCUT2D eigenvalue weighted by atomic mass is 32.2. The first-order valence-corrected chi connectivity index (χ1v) is 15.3. The number of sulfone groups is 1. The summed E-state index contributed by atoms with van der Waals surface area (Å²) in [5.41, 5.74) is 2.82. The Morgan fingerprint density at radius 3 is 2.67 bits per heavy atom. The average molecular weight is 563 g/mol. The molecular formula is C29H34N6O4S. The van der Waals surface area contributed by atoms with Gasteiger partial charge in [0, 0.05) is 67.2 Å². The third kappa shape index (κ3) is 5.71. The van der Waals surface area contributed by atoms with Crippen LogP contribution < -0.4 is 15.0 Å². The molecule has 0 bridgehead atoms. The van der Waals surface area contributed by atoms with Crippen molar-refractivity contribution in [1.82, 2.24) is 19.9 Å². The van der Waals surface area contributed by atoms with Crippen molar-refractivity contribution in [2.75, 3.05) is 42.5 Å². The number of aliphatic hydroxyl groups excluding tert-OH is 1. The predicted octanol–water partition coefficient (Wildman–Crippen LogP) is 4.19. The molecule has 0 aliphatic carbocycles. The molecule has 210 valence electrons. The number of benzene rings is 1. The van der Waals surface area contributed by atoms with Crippen LogP contribution >= 0.6 is 0 Å². The molecule has 0 amide bonds. The summed E-state index contributed by atoms with van der Waals surface area (Å²) in [5, 5.41) is 14.9. The van der Waals surface area contributed by atoms with Crippen LogP contribution in [0.3, 0.4) is 0 Å². The van der Waals surface area contributed by atoms with E-state index >= 15 is 0 Å². The number of ether oxygens (including phenoxy) is 1. The molecule has 10 nitrogen and oxygen atoms in total. The zero-order chi connectivity index (χ0) is 28.4. The minimum atomic E-state index is -3.04. The Labute approximate surface area is 234 Å². The van der Waals surface area contributed by atoms with Gasteiger partial charge in [0.2, 0.25) is 0 Å². The molecule has 3 atom stereocenters. The Kier molecular flexibility index (Phi) is 7.86. The maximum atomic E-state index is 11.9. The maximum Gasteiger partial charge on any atom is 0.166 e. The lowest BCUT2D eigenvalue weighted by atomic mass is 9.88. The average Bonchev–Trinajstić information content (AvgIpc) is 2.94. The number of hydrogen-bond acceptors (Lipinski definition) is 10. The normalized spacial score (nSPS) is 17.9. The van der Waals surface area contributed by atoms with Crippen molar-refractivity contribution < 1.29 is 18.3 Å². The molecule has 4 heterocycles. The van der Waals surface area contributed by atoms with Crippen LogP contribution in [0.25, 0.3) is 22.2 Å². The highest BCUT2D eigenvalue weighted by molar-refractivity contribution is 7.90. The Hall–Kier alpha value is -3.83. The van der Waals surface area contributed by atoms with E-state index in [4.69, 9.17) is 9.72 Å². The second kappa shape index (κ2) is 11.3. The number of methoxy groups -OCH3 is 1. The SMILES string of the molecule is COc1ccncc1-c1nccc(Nc2cc3c(C(C)CCO)ccc(N4C[C@H](CS(C)(=O)=O)[C@H]4C)c3cn2)n1. The van der Waals surface area contributed by atoms with Crippen LogP contribution in [0.2, 0.25) is 0 Å². The van der Waals surface area contributed by atoms with Gasteiger partial charge in [0.25, 0.3) is 0 Å². The molecule has 2 N–H and O–H groups in total. The number of pyridine rings is 2. The van der Waals surface area contributed by atoms with Gasteiger partial charge in [0.1, 0.15) is 27.2 Å². The summed E-state index contributed by atoms with van der Waals surface area (Å²) in [4.78, 5) is 20.2. The zero-order valence-corrected chi connectivity index (χ0v) is 23.9. The molecule has 1 unspecified atom stereocenters. The van der Waals surface area contributed by atoms with Crippen molar-refractivity contribution >= 4 is 37.9 Å². The summed E-state index contributed by atoms with van der Waals surface area (Å²) in [7, 11) is -1.45. The van der Waals surface area contributed by atoms with E-state index < -0.39 is 9.84 Å². The van der Waals surface area contributed by atoms with Crippen LogP contribution in [0.1, 0.15) is 31.7 Å². The predicted molar refractivity (Wildman–Crippen MR) is 157 cm³/mol. The number of rotatable bonds is 10. The topological polar surface area (TPSA) is 130 Å². The molecule has 5 rings (SSSR count). The van der Waals surface area contributed by atoms with Gasteiger partial charge in [-0.2, -0.15) is 0 Å². The van der Waals surface area contributed by atoms with Crippen LogP contribution in [0.15, 0.2) is 55.1 Å². The first-order valence-electron chi connectivity index (χ1n) is 13.2. The molecule has 1 aliphatic heterocycles. The van der Waals surface area contributed by atoms with E-state index in [1.807, 2.05) is 12.3 Å². The number of aliphatic hydroxyl groups is 1. The summed E-state index contributed by atoms with van der Waals surface area (Å²) in [6.07, 6.45) is 8.77. The molecule has 0 spiro atoms. The van der Waals surface area contributed by atoms with E-state index in [1.165, 1.54) is 6.26 Å². The van der Waals surface area contributed by atoms with Crippen LogP contribution in [0.5, 0.6) is 5.75 Å². The van der Waals surface area contributed by atoms with Gasteiger partial charge in [-0.05, 0) is 54.5 Å². The molecule has 40 heavy (non-hydrogen) atoms. The van der Waals surface area contributed by atoms with Crippen molar-refractivity contribution in [1.29, 1.82) is 0 Å². The summed E-state index contributed by atoms with van der Waals surface area (Å²) >= 11 is 0. The van der Waals surface area contributed by atoms with Crippen molar-refractivity contribution in [2.24, 2.45) is 5.92 Å². The van der Waals surface area contributed by atoms with E-state index in [9.17, 15) is 13.5 Å². The van der Waals surface area contributed by atoms with Gasteiger partial charge in [-0.15, -0.1) is 0 Å². The molecule has 1 saturated heterocycles. The number of nitrogens with one attached hydrogen (secondary N) is 1. The molecule has 0 radical (unpaired) electrons. The fraction of sp³-hybridized carbons (Fsp3) is 0.379. The first kappa shape index (κ1) is 27.7. The van der Waals surface area contributed by atoms with Crippen LogP contribution in [0, 0.1) is 5.92 Å². The molecule has 1 aromatic carbocycles. The van der Waals surface area contributed by atoms with Crippen LogP contribution in [-0.4, -0.2) is 71.8 Å². The largest absolute Gasteiger partial charge is 0.496 e. The minimum absolute atomic E-state index is 0.0948. The van der Waals surface area contributed by atoms with Gasteiger partial charge < -0.3 is 20.1 Å². The van der Waals surface area contributed by atoms with E-state index in [1.54, 1.807) is 37.8 Å². The van der Waals surface area contributed by atoms with Gasteiger partial charge in [-0.1, -0.05) is 13.0 Å². The Balaban J connectivity index is 1.49. The quantitative estimate of drug-likeness (QED) is 0.290. The minimum Gasteiger partial charge on any atom is -0.496 e. The van der Waals surface area contributed by atoms with E-state index in [0.29, 0.717) is 41.7 Å². The lowest BCUT2D eigenvalue weighted by molar-refractivity contribution is 0.279. The molecule has 11 heteroatoms. The Morgan fingerprint density at radius 2 is 1.95 bits per heavy atom. The molecule has 0 saturated carbocycles. The number of anilines is 3. The lowest BCUT2D eigenvalue weighted by Crippen LogP contribution is -2.57. The number of fused-ring (bicyclic) bond motifs is 1. The standard InChI is InChI=1S/C29H34N6O4S/c1-18(9-12-36)21-5-6-25(35-16-20(19(35)2)17-40(4,37)38)23-15-32-28(13-22(21)23)33-27-8-11-31-29(34-27)24-14-30-10-7-26(24)39-3/h5-8,10-11,13-15,18-20,36H,9,12,16-17H2,1-4H3,(H,31,32,33,34)/t18?,19-,20-/m1/s1. The smallest absolute Gasteiger partial charge is 0.166 e. The van der Waals surface area contributed by atoms with Crippen LogP contribution in [-0.2, 0) is 9.84 Å². The number of nitrogens with zero attached hydrogens (tertiary/aromatic N) is 5. The van der Waals surface area contributed by atoms with E-state index in [-0.39, 0.29) is 30.2 Å². The van der Waals surface area contributed by atoms with Crippen molar-refractivity contribution in [3.05, 3.63) is 60.7 Å². The molecule has 1 fully saturated rings. The number of hydrogen-bond donors (Lipinski definition) is 2. The Bertz CT molecular complexity index is 1630. The van der Waals surface area contributed by atoms with Crippen LogP contribution in [0.4, 0.5) is 17.3 Å². The van der Waals surface area contributed by atoms with Crippen molar-refractivity contribution in [3.8, 4) is 17.1 Å². The highest BCUT2D eigenvalue weighted by Gasteiger charge is 2.38. The first-order chi connectivity index (χ1) is 19.2. The third-order valence-corrected chi connectivity index (χ3v) is 8.62. The molecule has 1 aliphatic rings. The number of aromatic nitrogens is 4. The Morgan fingerprint density at radius 1 is 1.12 bits per heavy atom. The van der Waals surface area contributed by atoms with Gasteiger partial charge in [0.05, 0.1) is 18.4 Å². The van der Waals surface area contributed by atoms with Gasteiger partial charge in [-0.3, -0.25) is 4.98 Å². The summed E-state index contributed by atoms with van der Waals surface area (Å²) in [6.45, 7) is 4.94. The van der Waals surface area contributed by atoms with E-state index in [0.717, 1.165) is 22.0 Å². The fourth-order valence-electron chi connectivity index (χ4n) is 5.35. The van der Waals surface area contributed by atoms with Crippen molar-refractivity contribution in [2.45, 2.75) is 32.2 Å². The van der Waals surface area contributed by atoms with Gasteiger partial charge in [0.15, 0.2) is 5.82 Å². The second-order valence-electron chi connectivity index (χ2n) is 10.4. The molecular weight excluding hydrogens is 528 g/mol.